The molecule has 2 aromatic carbocycles. The zero-order valence-electron chi connectivity index (χ0n) is 18.5. The van der Waals surface area contributed by atoms with Crippen LogP contribution >= 0.6 is 11.6 Å². The average molecular weight is 559 g/mol. The third kappa shape index (κ3) is 8.63. The molecule has 1 heterocycles. The van der Waals surface area contributed by atoms with Gasteiger partial charge < -0.3 is 20.7 Å². The molecule has 0 aliphatic heterocycles. The number of halogens is 4. The predicted octanol–water partition coefficient (Wildman–Crippen LogP) is 4.81. The summed E-state index contributed by atoms with van der Waals surface area (Å²) < 4.78 is 74.7. The van der Waals surface area contributed by atoms with E-state index in [2.05, 4.69) is 20.9 Å². The van der Waals surface area contributed by atoms with Crippen LogP contribution in [0.25, 0.3) is 0 Å². The van der Waals surface area contributed by atoms with Gasteiger partial charge in [0.15, 0.2) is 0 Å². The standard InChI is InChI=1S/C22H18ClF3N4O6S/c23-18-6-3-14(11-17(18)22(24,25)26)30-21(32)29-13-1-4-15(5-2-13)36-16-7-8-27-19(12-16)20(31)28-9-10-37(33,34)35/h1-8,11-12H,9-10H2,(H,28,31)(H2,29,30,32)(H,33,34,35). The lowest BCUT2D eigenvalue weighted by atomic mass is 10.2. The van der Waals surface area contributed by atoms with Crippen LogP contribution < -0.4 is 20.7 Å². The number of hydrogen-bond donors (Lipinski definition) is 4. The van der Waals surface area contributed by atoms with E-state index in [0.717, 1.165) is 12.1 Å². The minimum atomic E-state index is -4.68. The number of ether oxygens (including phenoxy) is 1. The number of alkyl halides is 3. The molecule has 0 bridgehead atoms. The fourth-order valence-corrected chi connectivity index (χ4v) is 3.42. The topological polar surface area (TPSA) is 147 Å². The van der Waals surface area contributed by atoms with Crippen molar-refractivity contribution in [1.82, 2.24) is 10.3 Å². The van der Waals surface area contributed by atoms with Crippen LogP contribution in [-0.4, -0.2) is 42.2 Å². The Hall–Kier alpha value is -3.88. The molecule has 0 aliphatic rings. The number of benzene rings is 2. The normalized spacial score (nSPS) is 11.5. The molecule has 0 atom stereocenters. The smallest absolute Gasteiger partial charge is 0.417 e. The van der Waals surface area contributed by atoms with E-state index in [4.69, 9.17) is 20.9 Å². The third-order valence-corrected chi connectivity index (χ3v) is 5.54. The zero-order valence-corrected chi connectivity index (χ0v) is 20.1. The summed E-state index contributed by atoms with van der Waals surface area (Å²) in [4.78, 5) is 28.1. The number of urea groups is 1. The molecule has 3 rings (SSSR count). The van der Waals surface area contributed by atoms with Crippen LogP contribution in [0.2, 0.25) is 5.02 Å². The van der Waals surface area contributed by atoms with Gasteiger partial charge in [-0.05, 0) is 48.5 Å². The lowest BCUT2D eigenvalue weighted by molar-refractivity contribution is -0.137. The summed E-state index contributed by atoms with van der Waals surface area (Å²) in [6.45, 7) is -0.312. The summed E-state index contributed by atoms with van der Waals surface area (Å²) in [5.41, 5.74) is -0.935. The molecule has 1 aromatic heterocycles. The number of carbonyl (C=O) groups excluding carboxylic acids is 2. The van der Waals surface area contributed by atoms with Gasteiger partial charge in [0, 0.05) is 30.2 Å². The van der Waals surface area contributed by atoms with Crippen LogP contribution in [0.3, 0.4) is 0 Å². The van der Waals surface area contributed by atoms with Crippen LogP contribution in [0.1, 0.15) is 16.1 Å². The Morgan fingerprint density at radius 1 is 0.973 bits per heavy atom. The van der Waals surface area contributed by atoms with Crippen molar-refractivity contribution in [2.75, 3.05) is 22.9 Å². The van der Waals surface area contributed by atoms with Crippen LogP contribution in [-0.2, 0) is 16.3 Å². The molecule has 4 N–H and O–H groups in total. The molecular formula is C22H18ClF3N4O6S. The second kappa shape index (κ2) is 11.5. The van der Waals surface area contributed by atoms with E-state index in [9.17, 15) is 31.2 Å². The van der Waals surface area contributed by atoms with E-state index in [1.165, 1.54) is 48.7 Å². The van der Waals surface area contributed by atoms with Crippen molar-refractivity contribution in [3.8, 4) is 11.5 Å². The van der Waals surface area contributed by atoms with Crippen LogP contribution in [0.15, 0.2) is 60.8 Å². The lowest BCUT2D eigenvalue weighted by Crippen LogP contribution is -2.29. The van der Waals surface area contributed by atoms with Gasteiger partial charge in [-0.25, -0.2) is 4.79 Å². The number of nitrogens with zero attached hydrogens (tertiary/aromatic N) is 1. The van der Waals surface area contributed by atoms with Crippen molar-refractivity contribution in [3.05, 3.63) is 77.1 Å². The number of rotatable bonds is 8. The summed E-state index contributed by atoms with van der Waals surface area (Å²) >= 11 is 5.57. The molecule has 0 saturated heterocycles. The van der Waals surface area contributed by atoms with E-state index in [-0.39, 0.29) is 23.7 Å². The number of carbonyl (C=O) groups is 2. The molecule has 15 heteroatoms. The first-order valence-electron chi connectivity index (χ1n) is 10.2. The number of nitrogens with one attached hydrogen (secondary N) is 3. The zero-order chi connectivity index (χ0) is 27.2. The molecule has 0 radical (unpaired) electrons. The second-order valence-corrected chi connectivity index (χ2v) is 9.30. The largest absolute Gasteiger partial charge is 0.457 e. The second-order valence-electron chi connectivity index (χ2n) is 7.32. The quantitative estimate of drug-likeness (QED) is 0.290. The van der Waals surface area contributed by atoms with Gasteiger partial charge in [-0.1, -0.05) is 11.6 Å². The fourth-order valence-electron chi connectivity index (χ4n) is 2.84. The highest BCUT2D eigenvalue weighted by molar-refractivity contribution is 7.85. The summed E-state index contributed by atoms with van der Waals surface area (Å²) in [6, 6.07) is 10.9. The summed E-state index contributed by atoms with van der Waals surface area (Å²) in [6.07, 6.45) is -3.38. The van der Waals surface area contributed by atoms with Gasteiger partial charge in [0.1, 0.15) is 17.2 Å². The van der Waals surface area contributed by atoms with Gasteiger partial charge in [0.25, 0.3) is 16.0 Å². The Bertz CT molecular complexity index is 1400. The molecule has 3 amide bonds. The maximum absolute atomic E-state index is 13.0. The number of hydrogen-bond acceptors (Lipinski definition) is 6. The van der Waals surface area contributed by atoms with E-state index >= 15 is 0 Å². The molecule has 0 fully saturated rings. The Morgan fingerprint density at radius 2 is 1.62 bits per heavy atom. The Morgan fingerprint density at radius 3 is 2.27 bits per heavy atom. The van der Waals surface area contributed by atoms with Crippen LogP contribution in [0.5, 0.6) is 11.5 Å². The Balaban J connectivity index is 1.58. The SMILES string of the molecule is O=C(Nc1ccc(Oc2ccnc(C(=O)NCCS(=O)(=O)O)c2)cc1)Nc1ccc(Cl)c(C(F)(F)F)c1. The first-order chi connectivity index (χ1) is 17.3. The molecule has 196 valence electrons. The van der Waals surface area contributed by atoms with Crippen LogP contribution in [0.4, 0.5) is 29.3 Å². The van der Waals surface area contributed by atoms with Crippen molar-refractivity contribution >= 4 is 45.0 Å². The lowest BCUT2D eigenvalue weighted by Gasteiger charge is -2.12. The summed E-state index contributed by atoms with van der Waals surface area (Å²) in [7, 11) is -4.22. The molecule has 0 saturated carbocycles. The molecule has 3 aromatic rings. The molecular weight excluding hydrogens is 541 g/mol. The van der Waals surface area contributed by atoms with Gasteiger partial charge in [-0.3, -0.25) is 14.3 Å². The van der Waals surface area contributed by atoms with E-state index in [0.29, 0.717) is 11.4 Å². The minimum Gasteiger partial charge on any atom is -0.457 e. The average Bonchev–Trinajstić information content (AvgIpc) is 2.80. The Kier molecular flexibility index (Phi) is 8.57. The minimum absolute atomic E-state index is 0.0568. The third-order valence-electron chi connectivity index (χ3n) is 4.49. The molecule has 10 nitrogen and oxygen atoms in total. The maximum Gasteiger partial charge on any atom is 0.417 e. The van der Waals surface area contributed by atoms with E-state index < -0.39 is 44.6 Å². The van der Waals surface area contributed by atoms with E-state index in [1.54, 1.807) is 0 Å². The summed E-state index contributed by atoms with van der Waals surface area (Å²) in [5, 5.41) is 6.56. The number of aromatic nitrogens is 1. The number of amides is 3. The predicted molar refractivity (Wildman–Crippen MR) is 129 cm³/mol. The highest BCUT2D eigenvalue weighted by atomic mass is 35.5. The highest BCUT2D eigenvalue weighted by Gasteiger charge is 2.33. The van der Waals surface area contributed by atoms with Gasteiger partial charge in [-0.15, -0.1) is 0 Å². The van der Waals surface area contributed by atoms with Crippen molar-refractivity contribution in [3.63, 3.8) is 0 Å². The van der Waals surface area contributed by atoms with Crippen molar-refractivity contribution in [2.24, 2.45) is 0 Å². The number of pyridine rings is 1. The Labute approximate surface area is 213 Å². The monoisotopic (exact) mass is 558 g/mol. The number of anilines is 2. The van der Waals surface area contributed by atoms with Crippen molar-refractivity contribution < 1.29 is 40.5 Å². The van der Waals surface area contributed by atoms with Crippen molar-refractivity contribution in [1.29, 1.82) is 0 Å². The molecule has 0 unspecified atom stereocenters. The van der Waals surface area contributed by atoms with E-state index in [1.807, 2.05) is 0 Å². The van der Waals surface area contributed by atoms with Gasteiger partial charge in [0.2, 0.25) is 0 Å². The maximum atomic E-state index is 13.0. The first-order valence-corrected chi connectivity index (χ1v) is 12.2. The van der Waals surface area contributed by atoms with Crippen molar-refractivity contribution in [2.45, 2.75) is 6.18 Å². The molecule has 0 aliphatic carbocycles. The fraction of sp³-hybridized carbons (Fsp3) is 0.136. The van der Waals surface area contributed by atoms with Gasteiger partial charge >= 0.3 is 12.2 Å². The van der Waals surface area contributed by atoms with Crippen LogP contribution in [0, 0.1) is 0 Å². The highest BCUT2D eigenvalue weighted by Crippen LogP contribution is 2.36. The first kappa shape index (κ1) is 27.7. The molecule has 0 spiro atoms. The summed E-state index contributed by atoms with van der Waals surface area (Å²) in [5.74, 6) is -0.775. The van der Waals surface area contributed by atoms with Gasteiger partial charge in [0.05, 0.1) is 16.3 Å². The van der Waals surface area contributed by atoms with Gasteiger partial charge in [-0.2, -0.15) is 21.6 Å². The molecule has 37 heavy (non-hydrogen) atoms.